The molecule has 0 aliphatic heterocycles. The standard InChI is InChI=1S/C20H21N3O2/c1-19(2)17(20(19,3)4)18(24)23-16-10-9-15(12-22-16)25-14-7-5-13(11-21)6-8-14/h5-10,12,17H,1-4H3,(H,22,23,24). The first-order chi connectivity index (χ1) is 11.8. The lowest BCUT2D eigenvalue weighted by Gasteiger charge is -2.08. The molecular weight excluding hydrogens is 314 g/mol. The summed E-state index contributed by atoms with van der Waals surface area (Å²) in [5.74, 6) is 1.68. The van der Waals surface area contributed by atoms with Crippen molar-refractivity contribution < 1.29 is 9.53 Å². The van der Waals surface area contributed by atoms with Crippen LogP contribution in [0.5, 0.6) is 11.5 Å². The highest BCUT2D eigenvalue weighted by atomic mass is 16.5. The van der Waals surface area contributed by atoms with Crippen LogP contribution in [-0.2, 0) is 4.79 Å². The molecule has 1 heterocycles. The van der Waals surface area contributed by atoms with Gasteiger partial charge in [-0.15, -0.1) is 0 Å². The second kappa shape index (κ2) is 5.89. The van der Waals surface area contributed by atoms with E-state index < -0.39 is 0 Å². The largest absolute Gasteiger partial charge is 0.456 e. The number of hydrogen-bond donors (Lipinski definition) is 1. The van der Waals surface area contributed by atoms with E-state index in [2.05, 4.69) is 44.1 Å². The summed E-state index contributed by atoms with van der Waals surface area (Å²) in [6.07, 6.45) is 1.57. The minimum Gasteiger partial charge on any atom is -0.456 e. The molecule has 3 rings (SSSR count). The molecule has 1 aliphatic carbocycles. The third-order valence-corrected chi connectivity index (χ3v) is 5.49. The van der Waals surface area contributed by atoms with Crippen molar-refractivity contribution in [3.63, 3.8) is 0 Å². The van der Waals surface area contributed by atoms with Crippen LogP contribution in [0.2, 0.25) is 0 Å². The van der Waals surface area contributed by atoms with E-state index in [1.54, 1.807) is 42.6 Å². The average molecular weight is 335 g/mol. The average Bonchev–Trinajstić information content (AvgIpc) is 2.99. The molecule has 1 aromatic carbocycles. The predicted octanol–water partition coefficient (Wildman–Crippen LogP) is 4.37. The number of carbonyl (C=O) groups is 1. The third kappa shape index (κ3) is 3.08. The van der Waals surface area contributed by atoms with Gasteiger partial charge in [-0.1, -0.05) is 27.7 Å². The van der Waals surface area contributed by atoms with Crippen LogP contribution in [0.3, 0.4) is 0 Å². The van der Waals surface area contributed by atoms with Crippen molar-refractivity contribution in [3.8, 4) is 17.6 Å². The predicted molar refractivity (Wildman–Crippen MR) is 95.1 cm³/mol. The summed E-state index contributed by atoms with van der Waals surface area (Å²) in [6.45, 7) is 8.44. The van der Waals surface area contributed by atoms with Gasteiger partial charge >= 0.3 is 0 Å². The van der Waals surface area contributed by atoms with E-state index >= 15 is 0 Å². The molecule has 1 saturated carbocycles. The second-order valence-corrected chi connectivity index (χ2v) is 7.48. The van der Waals surface area contributed by atoms with Gasteiger partial charge in [0.25, 0.3) is 0 Å². The second-order valence-electron chi connectivity index (χ2n) is 7.48. The molecule has 1 fully saturated rings. The van der Waals surface area contributed by atoms with Gasteiger partial charge in [0.05, 0.1) is 17.8 Å². The number of pyridine rings is 1. The van der Waals surface area contributed by atoms with Crippen LogP contribution in [0.15, 0.2) is 42.6 Å². The summed E-state index contributed by atoms with van der Waals surface area (Å²) in [4.78, 5) is 16.7. The molecule has 1 N–H and O–H groups in total. The molecule has 0 spiro atoms. The lowest BCUT2D eigenvalue weighted by molar-refractivity contribution is -0.118. The molecule has 0 unspecified atom stereocenters. The molecule has 1 aliphatic rings. The molecular formula is C20H21N3O2. The van der Waals surface area contributed by atoms with Gasteiger partial charge in [0.2, 0.25) is 5.91 Å². The van der Waals surface area contributed by atoms with E-state index in [0.29, 0.717) is 22.9 Å². The van der Waals surface area contributed by atoms with Gasteiger partial charge in [0.15, 0.2) is 0 Å². The minimum atomic E-state index is -0.0172. The lowest BCUT2D eigenvalue weighted by Crippen LogP contribution is -2.18. The van der Waals surface area contributed by atoms with Crippen LogP contribution in [0.4, 0.5) is 5.82 Å². The van der Waals surface area contributed by atoms with Crippen LogP contribution >= 0.6 is 0 Å². The normalized spacial score (nSPS) is 17.4. The van der Waals surface area contributed by atoms with Crippen molar-refractivity contribution in [3.05, 3.63) is 48.2 Å². The first-order valence-corrected chi connectivity index (χ1v) is 8.20. The molecule has 1 aromatic heterocycles. The molecule has 0 bridgehead atoms. The van der Waals surface area contributed by atoms with Crippen LogP contribution in [0, 0.1) is 28.1 Å². The van der Waals surface area contributed by atoms with Crippen LogP contribution < -0.4 is 10.1 Å². The van der Waals surface area contributed by atoms with E-state index in [1.165, 1.54) is 0 Å². The Hall–Kier alpha value is -2.87. The number of nitriles is 1. The fourth-order valence-electron chi connectivity index (χ4n) is 3.30. The Balaban J connectivity index is 1.63. The van der Waals surface area contributed by atoms with Gasteiger partial charge in [0, 0.05) is 5.92 Å². The number of benzene rings is 1. The molecule has 2 aromatic rings. The maximum absolute atomic E-state index is 12.4. The number of amides is 1. The van der Waals surface area contributed by atoms with E-state index in [9.17, 15) is 4.79 Å². The number of rotatable bonds is 4. The zero-order valence-corrected chi connectivity index (χ0v) is 14.8. The number of ether oxygens (including phenoxy) is 1. The van der Waals surface area contributed by atoms with Crippen molar-refractivity contribution >= 4 is 11.7 Å². The first-order valence-electron chi connectivity index (χ1n) is 8.20. The van der Waals surface area contributed by atoms with E-state index in [4.69, 9.17) is 10.00 Å². The maximum Gasteiger partial charge on any atom is 0.229 e. The summed E-state index contributed by atoms with van der Waals surface area (Å²) in [7, 11) is 0. The Morgan fingerprint density at radius 2 is 1.68 bits per heavy atom. The minimum absolute atomic E-state index is 0.00302. The van der Waals surface area contributed by atoms with E-state index in [0.717, 1.165) is 0 Å². The van der Waals surface area contributed by atoms with Gasteiger partial charge < -0.3 is 10.1 Å². The van der Waals surface area contributed by atoms with Gasteiger partial charge in [-0.05, 0) is 47.2 Å². The highest BCUT2D eigenvalue weighted by Gasteiger charge is 2.68. The number of aromatic nitrogens is 1. The van der Waals surface area contributed by atoms with Crippen molar-refractivity contribution in [2.45, 2.75) is 27.7 Å². The zero-order chi connectivity index (χ0) is 18.2. The number of nitrogens with one attached hydrogen (secondary N) is 1. The first kappa shape index (κ1) is 17.0. The summed E-state index contributed by atoms with van der Waals surface area (Å²) >= 11 is 0. The Bertz CT molecular complexity index is 817. The summed E-state index contributed by atoms with van der Waals surface area (Å²) < 4.78 is 5.68. The summed E-state index contributed by atoms with van der Waals surface area (Å²) in [5, 5.41) is 11.7. The fourth-order valence-corrected chi connectivity index (χ4v) is 3.30. The van der Waals surface area contributed by atoms with Crippen molar-refractivity contribution in [2.24, 2.45) is 16.7 Å². The Labute approximate surface area is 147 Å². The van der Waals surface area contributed by atoms with Crippen LogP contribution in [-0.4, -0.2) is 10.9 Å². The Morgan fingerprint density at radius 1 is 1.08 bits per heavy atom. The number of nitrogens with zero attached hydrogens (tertiary/aromatic N) is 2. The molecule has 0 atom stereocenters. The van der Waals surface area contributed by atoms with E-state index in [1.807, 2.05) is 0 Å². The monoisotopic (exact) mass is 335 g/mol. The lowest BCUT2D eigenvalue weighted by atomic mass is 10.0. The summed E-state index contributed by atoms with van der Waals surface area (Å²) in [6, 6.07) is 12.4. The van der Waals surface area contributed by atoms with Gasteiger partial charge in [-0.2, -0.15) is 5.26 Å². The van der Waals surface area contributed by atoms with Crippen molar-refractivity contribution in [1.29, 1.82) is 5.26 Å². The topological polar surface area (TPSA) is 75.0 Å². The van der Waals surface area contributed by atoms with Gasteiger partial charge in [0.1, 0.15) is 17.3 Å². The van der Waals surface area contributed by atoms with Gasteiger partial charge in [-0.25, -0.2) is 4.98 Å². The summed E-state index contributed by atoms with van der Waals surface area (Å²) in [5.41, 5.74) is 0.570. The van der Waals surface area contributed by atoms with E-state index in [-0.39, 0.29) is 22.7 Å². The molecule has 5 nitrogen and oxygen atoms in total. The molecule has 128 valence electrons. The third-order valence-electron chi connectivity index (χ3n) is 5.49. The highest BCUT2D eigenvalue weighted by Crippen LogP contribution is 2.68. The number of carbonyl (C=O) groups excluding carboxylic acids is 1. The Morgan fingerprint density at radius 3 is 2.16 bits per heavy atom. The number of anilines is 1. The highest BCUT2D eigenvalue weighted by molar-refractivity contribution is 5.95. The molecule has 5 heteroatoms. The number of hydrogen-bond acceptors (Lipinski definition) is 4. The SMILES string of the molecule is CC1(C)C(C(=O)Nc2ccc(Oc3ccc(C#N)cc3)cn2)C1(C)C. The van der Waals surface area contributed by atoms with Crippen molar-refractivity contribution in [1.82, 2.24) is 4.98 Å². The molecule has 0 radical (unpaired) electrons. The zero-order valence-electron chi connectivity index (χ0n) is 14.8. The quantitative estimate of drug-likeness (QED) is 0.900. The maximum atomic E-state index is 12.4. The van der Waals surface area contributed by atoms with Crippen LogP contribution in [0.1, 0.15) is 33.3 Å². The van der Waals surface area contributed by atoms with Gasteiger partial charge in [-0.3, -0.25) is 4.79 Å². The van der Waals surface area contributed by atoms with Crippen LogP contribution in [0.25, 0.3) is 0 Å². The molecule has 25 heavy (non-hydrogen) atoms. The smallest absolute Gasteiger partial charge is 0.229 e. The molecule has 1 amide bonds. The Kier molecular flexibility index (Phi) is 4.00. The molecule has 0 saturated heterocycles. The fraction of sp³-hybridized carbons (Fsp3) is 0.350. The van der Waals surface area contributed by atoms with Crippen molar-refractivity contribution in [2.75, 3.05) is 5.32 Å².